The van der Waals surface area contributed by atoms with Gasteiger partial charge in [-0.1, -0.05) is 12.1 Å². The standard InChI is InChI=1S/C14H11F3O2/c15-14(16,17)11-3-7-13(8-4-11)19-9-10-1-5-12(18)6-2-10/h1-8,18H,9H2. The molecule has 0 unspecified atom stereocenters. The molecular formula is C14H11F3O2. The normalized spacial score (nSPS) is 11.3. The molecule has 100 valence electrons. The van der Waals surface area contributed by atoms with Gasteiger partial charge in [0.1, 0.15) is 18.1 Å². The molecule has 2 nitrogen and oxygen atoms in total. The van der Waals surface area contributed by atoms with Crippen molar-refractivity contribution >= 4 is 0 Å². The van der Waals surface area contributed by atoms with Crippen molar-refractivity contribution in [1.29, 1.82) is 0 Å². The van der Waals surface area contributed by atoms with E-state index in [1.54, 1.807) is 12.1 Å². The van der Waals surface area contributed by atoms with Crippen molar-refractivity contribution < 1.29 is 23.0 Å². The van der Waals surface area contributed by atoms with Crippen LogP contribution in [-0.2, 0) is 12.8 Å². The monoisotopic (exact) mass is 268 g/mol. The van der Waals surface area contributed by atoms with Gasteiger partial charge < -0.3 is 9.84 Å². The minimum absolute atomic E-state index is 0.151. The minimum Gasteiger partial charge on any atom is -0.508 e. The number of benzene rings is 2. The first-order valence-corrected chi connectivity index (χ1v) is 5.53. The van der Waals surface area contributed by atoms with E-state index < -0.39 is 11.7 Å². The number of halogens is 3. The van der Waals surface area contributed by atoms with Gasteiger partial charge in [-0.25, -0.2) is 0 Å². The van der Waals surface area contributed by atoms with Crippen molar-refractivity contribution in [3.05, 3.63) is 59.7 Å². The Kier molecular flexibility index (Phi) is 3.64. The number of rotatable bonds is 3. The van der Waals surface area contributed by atoms with Crippen molar-refractivity contribution in [2.24, 2.45) is 0 Å². The molecule has 0 amide bonds. The first kappa shape index (κ1) is 13.3. The van der Waals surface area contributed by atoms with Crippen LogP contribution in [0.15, 0.2) is 48.5 Å². The lowest BCUT2D eigenvalue weighted by Crippen LogP contribution is -2.04. The largest absolute Gasteiger partial charge is 0.508 e. The summed E-state index contributed by atoms with van der Waals surface area (Å²) in [7, 11) is 0. The van der Waals surface area contributed by atoms with Crippen molar-refractivity contribution in [1.82, 2.24) is 0 Å². The third-order valence-corrected chi connectivity index (χ3v) is 2.52. The maximum absolute atomic E-state index is 12.3. The SMILES string of the molecule is Oc1ccc(COc2ccc(C(F)(F)F)cc2)cc1. The number of hydrogen-bond donors (Lipinski definition) is 1. The summed E-state index contributed by atoms with van der Waals surface area (Å²) in [5.74, 6) is 0.513. The average molecular weight is 268 g/mol. The van der Waals surface area contributed by atoms with Crippen LogP contribution in [0.2, 0.25) is 0 Å². The van der Waals surface area contributed by atoms with Crippen LogP contribution < -0.4 is 4.74 Å². The predicted molar refractivity (Wildman–Crippen MR) is 63.9 cm³/mol. The van der Waals surface area contributed by atoms with Gasteiger partial charge in [-0.05, 0) is 42.0 Å². The van der Waals surface area contributed by atoms with Crippen LogP contribution in [-0.4, -0.2) is 5.11 Å². The molecule has 0 aliphatic heterocycles. The van der Waals surface area contributed by atoms with Crippen LogP contribution in [0.5, 0.6) is 11.5 Å². The second-order valence-electron chi connectivity index (χ2n) is 3.98. The summed E-state index contributed by atoms with van der Waals surface area (Å²) >= 11 is 0. The molecular weight excluding hydrogens is 257 g/mol. The van der Waals surface area contributed by atoms with E-state index in [0.717, 1.165) is 17.7 Å². The number of ether oxygens (including phenoxy) is 1. The van der Waals surface area contributed by atoms with Gasteiger partial charge in [0.15, 0.2) is 0 Å². The first-order valence-electron chi connectivity index (χ1n) is 5.53. The van der Waals surface area contributed by atoms with Gasteiger partial charge in [-0.2, -0.15) is 13.2 Å². The Morgan fingerprint density at radius 3 is 2.00 bits per heavy atom. The molecule has 0 bridgehead atoms. The highest BCUT2D eigenvalue weighted by Crippen LogP contribution is 2.30. The van der Waals surface area contributed by atoms with Gasteiger partial charge in [0.2, 0.25) is 0 Å². The Hall–Kier alpha value is -2.17. The summed E-state index contributed by atoms with van der Waals surface area (Å²) in [6.07, 6.45) is -4.34. The third-order valence-electron chi connectivity index (χ3n) is 2.52. The molecule has 0 radical (unpaired) electrons. The van der Waals surface area contributed by atoms with E-state index in [1.807, 2.05) is 0 Å². The Balaban J connectivity index is 1.98. The second kappa shape index (κ2) is 5.22. The van der Waals surface area contributed by atoms with Gasteiger partial charge >= 0.3 is 6.18 Å². The van der Waals surface area contributed by atoms with Crippen LogP contribution in [0, 0.1) is 0 Å². The van der Waals surface area contributed by atoms with E-state index in [0.29, 0.717) is 5.75 Å². The molecule has 0 saturated heterocycles. The molecule has 0 aliphatic carbocycles. The van der Waals surface area contributed by atoms with Crippen molar-refractivity contribution in [2.45, 2.75) is 12.8 Å². The molecule has 0 aliphatic rings. The third kappa shape index (κ3) is 3.64. The Labute approximate surface area is 108 Å². The lowest BCUT2D eigenvalue weighted by Gasteiger charge is -2.09. The number of phenols is 1. The number of aromatic hydroxyl groups is 1. The summed E-state index contributed by atoms with van der Waals surface area (Å²) in [6, 6.07) is 10.9. The van der Waals surface area contributed by atoms with Gasteiger partial charge in [0.05, 0.1) is 5.56 Å². The fourth-order valence-corrected chi connectivity index (χ4v) is 1.50. The molecule has 0 fully saturated rings. The van der Waals surface area contributed by atoms with Crippen LogP contribution >= 0.6 is 0 Å². The number of alkyl halides is 3. The van der Waals surface area contributed by atoms with Crippen molar-refractivity contribution in [2.75, 3.05) is 0 Å². The molecule has 0 atom stereocenters. The Morgan fingerprint density at radius 1 is 0.895 bits per heavy atom. The van der Waals surface area contributed by atoms with Gasteiger partial charge in [-0.15, -0.1) is 0 Å². The zero-order valence-corrected chi connectivity index (χ0v) is 9.82. The molecule has 2 aromatic carbocycles. The van der Waals surface area contributed by atoms with Gasteiger partial charge in [0, 0.05) is 0 Å². The molecule has 0 aromatic heterocycles. The molecule has 2 aromatic rings. The van der Waals surface area contributed by atoms with Gasteiger partial charge in [-0.3, -0.25) is 0 Å². The fraction of sp³-hybridized carbons (Fsp3) is 0.143. The lowest BCUT2D eigenvalue weighted by molar-refractivity contribution is -0.137. The predicted octanol–water partition coefficient (Wildman–Crippen LogP) is 3.99. The van der Waals surface area contributed by atoms with Crippen LogP contribution in [0.1, 0.15) is 11.1 Å². The fourth-order valence-electron chi connectivity index (χ4n) is 1.50. The lowest BCUT2D eigenvalue weighted by atomic mass is 10.2. The Bertz CT molecular complexity index is 530. The highest BCUT2D eigenvalue weighted by molar-refractivity contribution is 5.30. The number of hydrogen-bond acceptors (Lipinski definition) is 2. The van der Waals surface area contributed by atoms with E-state index >= 15 is 0 Å². The average Bonchev–Trinajstić information content (AvgIpc) is 2.37. The topological polar surface area (TPSA) is 29.5 Å². The van der Waals surface area contributed by atoms with E-state index in [9.17, 15) is 13.2 Å². The highest BCUT2D eigenvalue weighted by atomic mass is 19.4. The van der Waals surface area contributed by atoms with E-state index in [1.165, 1.54) is 24.3 Å². The molecule has 19 heavy (non-hydrogen) atoms. The van der Waals surface area contributed by atoms with Crippen molar-refractivity contribution in [3.8, 4) is 11.5 Å². The molecule has 0 heterocycles. The molecule has 2 rings (SSSR count). The van der Waals surface area contributed by atoms with Crippen LogP contribution in [0.3, 0.4) is 0 Å². The minimum atomic E-state index is -4.34. The molecule has 1 N–H and O–H groups in total. The zero-order valence-electron chi connectivity index (χ0n) is 9.82. The summed E-state index contributed by atoms with van der Waals surface area (Å²) in [5, 5.41) is 9.10. The number of phenolic OH excluding ortho intramolecular Hbond substituents is 1. The quantitative estimate of drug-likeness (QED) is 0.912. The van der Waals surface area contributed by atoms with E-state index in [2.05, 4.69) is 0 Å². The van der Waals surface area contributed by atoms with Crippen LogP contribution in [0.25, 0.3) is 0 Å². The summed E-state index contributed by atoms with van der Waals surface area (Å²) < 4.78 is 42.4. The summed E-state index contributed by atoms with van der Waals surface area (Å²) in [6.45, 7) is 0.228. The molecule has 0 saturated carbocycles. The maximum Gasteiger partial charge on any atom is 0.416 e. The first-order chi connectivity index (χ1) is 8.95. The van der Waals surface area contributed by atoms with E-state index in [4.69, 9.17) is 9.84 Å². The maximum atomic E-state index is 12.3. The molecule has 5 heteroatoms. The van der Waals surface area contributed by atoms with Crippen molar-refractivity contribution in [3.63, 3.8) is 0 Å². The smallest absolute Gasteiger partial charge is 0.416 e. The summed E-state index contributed by atoms with van der Waals surface area (Å²) in [4.78, 5) is 0. The van der Waals surface area contributed by atoms with Gasteiger partial charge in [0.25, 0.3) is 0 Å². The molecule has 0 spiro atoms. The highest BCUT2D eigenvalue weighted by Gasteiger charge is 2.29. The second-order valence-corrected chi connectivity index (χ2v) is 3.98. The van der Waals surface area contributed by atoms with Crippen LogP contribution in [0.4, 0.5) is 13.2 Å². The summed E-state index contributed by atoms with van der Waals surface area (Å²) in [5.41, 5.74) is 0.113. The Morgan fingerprint density at radius 2 is 1.47 bits per heavy atom. The van der Waals surface area contributed by atoms with E-state index in [-0.39, 0.29) is 12.4 Å². The zero-order chi connectivity index (χ0) is 13.9.